The highest BCUT2D eigenvalue weighted by Gasteiger charge is 2.19. The monoisotopic (exact) mass is 314 g/mol. The van der Waals surface area contributed by atoms with Gasteiger partial charge < -0.3 is 5.32 Å². The number of nitrogens with one attached hydrogen (secondary N) is 1. The first kappa shape index (κ1) is 15.1. The molecule has 0 saturated heterocycles. The molecular weight excluding hydrogens is 296 g/mol. The first-order chi connectivity index (χ1) is 8.45. The molecule has 0 heterocycles. The minimum Gasteiger partial charge on any atom is -0.314 e. The molecule has 4 nitrogen and oxygen atoms in total. The first-order valence-electron chi connectivity index (χ1n) is 6.11. The fourth-order valence-electron chi connectivity index (χ4n) is 1.93. The molecule has 0 spiro atoms. The number of hydrogen-bond donors (Lipinski definition) is 1. The van der Waals surface area contributed by atoms with Gasteiger partial charge in [0.05, 0.1) is 4.92 Å². The Hall–Kier alpha value is -0.940. The van der Waals surface area contributed by atoms with Crippen LogP contribution in [0.15, 0.2) is 22.7 Å². The number of rotatable bonds is 6. The summed E-state index contributed by atoms with van der Waals surface area (Å²) < 4.78 is 0.741. The van der Waals surface area contributed by atoms with Crippen molar-refractivity contribution in [1.82, 2.24) is 5.32 Å². The molecule has 1 N–H and O–H groups in total. The molecule has 1 rings (SSSR count). The molecule has 100 valence electrons. The van der Waals surface area contributed by atoms with Crippen molar-refractivity contribution in [3.63, 3.8) is 0 Å². The number of nitro groups is 1. The molecule has 0 aliphatic heterocycles. The summed E-state index contributed by atoms with van der Waals surface area (Å²) in [4.78, 5) is 10.7. The Bertz CT molecular complexity index is 423. The lowest BCUT2D eigenvalue weighted by Gasteiger charge is -2.20. The van der Waals surface area contributed by atoms with Gasteiger partial charge in [-0.05, 0) is 31.9 Å². The van der Waals surface area contributed by atoms with E-state index in [2.05, 4.69) is 42.0 Å². The normalized spacial score (nSPS) is 14.2. The Labute approximate surface area is 116 Å². The van der Waals surface area contributed by atoms with Gasteiger partial charge >= 0.3 is 0 Å². The molecule has 0 saturated carbocycles. The van der Waals surface area contributed by atoms with Crippen LogP contribution in [-0.2, 0) is 6.42 Å². The number of benzene rings is 1. The van der Waals surface area contributed by atoms with Crippen molar-refractivity contribution in [3.05, 3.63) is 38.3 Å². The van der Waals surface area contributed by atoms with Crippen LogP contribution in [0.4, 0.5) is 5.69 Å². The van der Waals surface area contributed by atoms with E-state index >= 15 is 0 Å². The summed E-state index contributed by atoms with van der Waals surface area (Å²) in [6.45, 7) is 7.19. The van der Waals surface area contributed by atoms with Crippen molar-refractivity contribution in [3.8, 4) is 0 Å². The van der Waals surface area contributed by atoms with Crippen LogP contribution >= 0.6 is 15.9 Å². The standard InChI is InChI=1S/C13H19BrN2O2/c1-4-15-10(3)9(2)7-11-5-6-12(14)8-13(11)16(17)18/h5-6,8-10,15H,4,7H2,1-3H3. The lowest BCUT2D eigenvalue weighted by Crippen LogP contribution is -2.32. The average molecular weight is 315 g/mol. The second kappa shape index (κ2) is 6.85. The Morgan fingerprint density at radius 1 is 1.44 bits per heavy atom. The summed E-state index contributed by atoms with van der Waals surface area (Å²) in [5.41, 5.74) is 0.986. The van der Waals surface area contributed by atoms with Crippen LogP contribution in [0.1, 0.15) is 26.3 Å². The van der Waals surface area contributed by atoms with E-state index in [1.807, 2.05) is 12.1 Å². The maximum absolute atomic E-state index is 11.0. The maximum atomic E-state index is 11.0. The summed E-state index contributed by atoms with van der Waals surface area (Å²) in [5, 5.41) is 14.4. The van der Waals surface area contributed by atoms with Crippen LogP contribution in [0.25, 0.3) is 0 Å². The van der Waals surface area contributed by atoms with Crippen molar-refractivity contribution in [2.24, 2.45) is 5.92 Å². The van der Waals surface area contributed by atoms with Crippen LogP contribution in [0.5, 0.6) is 0 Å². The lowest BCUT2D eigenvalue weighted by molar-refractivity contribution is -0.385. The molecule has 18 heavy (non-hydrogen) atoms. The number of nitro benzene ring substituents is 1. The van der Waals surface area contributed by atoms with Gasteiger partial charge in [0, 0.05) is 22.1 Å². The molecule has 0 bridgehead atoms. The van der Waals surface area contributed by atoms with Crippen LogP contribution in [-0.4, -0.2) is 17.5 Å². The second-order valence-electron chi connectivity index (χ2n) is 4.56. The SMILES string of the molecule is CCNC(C)C(C)Cc1ccc(Br)cc1[N+](=O)[O-]. The maximum Gasteiger partial charge on any atom is 0.273 e. The Morgan fingerprint density at radius 2 is 2.11 bits per heavy atom. The van der Waals surface area contributed by atoms with E-state index in [4.69, 9.17) is 0 Å². The molecule has 0 radical (unpaired) electrons. The van der Waals surface area contributed by atoms with E-state index in [0.717, 1.165) is 16.6 Å². The van der Waals surface area contributed by atoms with Crippen LogP contribution in [0.3, 0.4) is 0 Å². The van der Waals surface area contributed by atoms with E-state index in [1.165, 1.54) is 0 Å². The molecule has 1 aromatic rings. The Balaban J connectivity index is 2.87. The highest BCUT2D eigenvalue weighted by molar-refractivity contribution is 9.10. The van der Waals surface area contributed by atoms with E-state index in [-0.39, 0.29) is 10.6 Å². The van der Waals surface area contributed by atoms with Gasteiger partial charge in [0.25, 0.3) is 5.69 Å². The summed E-state index contributed by atoms with van der Waals surface area (Å²) in [7, 11) is 0. The minimum atomic E-state index is -0.315. The van der Waals surface area contributed by atoms with Crippen LogP contribution in [0, 0.1) is 16.0 Å². The zero-order valence-corrected chi connectivity index (χ0v) is 12.5. The predicted octanol–water partition coefficient (Wildman–Crippen LogP) is 3.53. The molecule has 5 heteroatoms. The number of nitrogens with zero attached hydrogens (tertiary/aromatic N) is 1. The van der Waals surface area contributed by atoms with Gasteiger partial charge in [-0.3, -0.25) is 10.1 Å². The number of halogens is 1. The molecule has 0 aliphatic rings. The van der Waals surface area contributed by atoms with E-state index in [9.17, 15) is 10.1 Å². The fraction of sp³-hybridized carbons (Fsp3) is 0.538. The molecule has 2 unspecified atom stereocenters. The number of hydrogen-bond acceptors (Lipinski definition) is 3. The Morgan fingerprint density at radius 3 is 2.67 bits per heavy atom. The summed E-state index contributed by atoms with van der Waals surface area (Å²) in [5.74, 6) is 0.352. The third-order valence-electron chi connectivity index (χ3n) is 3.17. The topological polar surface area (TPSA) is 55.2 Å². The third-order valence-corrected chi connectivity index (χ3v) is 3.66. The van der Waals surface area contributed by atoms with Gasteiger partial charge in [-0.25, -0.2) is 0 Å². The van der Waals surface area contributed by atoms with Gasteiger partial charge in [-0.2, -0.15) is 0 Å². The van der Waals surface area contributed by atoms with Crippen molar-refractivity contribution in [1.29, 1.82) is 0 Å². The average Bonchev–Trinajstić information content (AvgIpc) is 2.31. The molecule has 0 aromatic heterocycles. The van der Waals surface area contributed by atoms with Crippen LogP contribution < -0.4 is 5.32 Å². The van der Waals surface area contributed by atoms with Gasteiger partial charge in [0.15, 0.2) is 0 Å². The third kappa shape index (κ3) is 4.07. The van der Waals surface area contributed by atoms with Crippen molar-refractivity contribution in [2.75, 3.05) is 6.54 Å². The van der Waals surface area contributed by atoms with Gasteiger partial charge in [-0.15, -0.1) is 0 Å². The second-order valence-corrected chi connectivity index (χ2v) is 5.47. The van der Waals surface area contributed by atoms with Crippen molar-refractivity contribution < 1.29 is 4.92 Å². The first-order valence-corrected chi connectivity index (χ1v) is 6.91. The zero-order valence-electron chi connectivity index (χ0n) is 10.9. The quantitative estimate of drug-likeness (QED) is 0.645. The van der Waals surface area contributed by atoms with Crippen LogP contribution in [0.2, 0.25) is 0 Å². The summed E-state index contributed by atoms with van der Waals surface area (Å²) in [6.07, 6.45) is 0.706. The fourth-order valence-corrected chi connectivity index (χ4v) is 2.28. The predicted molar refractivity (Wildman–Crippen MR) is 76.8 cm³/mol. The Kier molecular flexibility index (Phi) is 5.75. The molecule has 0 amide bonds. The molecular formula is C13H19BrN2O2. The van der Waals surface area contributed by atoms with Gasteiger partial charge in [-0.1, -0.05) is 35.8 Å². The minimum absolute atomic E-state index is 0.194. The highest BCUT2D eigenvalue weighted by atomic mass is 79.9. The van der Waals surface area contributed by atoms with E-state index in [1.54, 1.807) is 6.07 Å². The molecule has 0 aliphatic carbocycles. The smallest absolute Gasteiger partial charge is 0.273 e. The molecule has 2 atom stereocenters. The van der Waals surface area contributed by atoms with Gasteiger partial charge in [0.1, 0.15) is 0 Å². The van der Waals surface area contributed by atoms with E-state index in [0.29, 0.717) is 18.4 Å². The van der Waals surface area contributed by atoms with E-state index < -0.39 is 0 Å². The highest BCUT2D eigenvalue weighted by Crippen LogP contribution is 2.26. The molecule has 0 fully saturated rings. The zero-order chi connectivity index (χ0) is 13.7. The lowest BCUT2D eigenvalue weighted by atomic mass is 9.94. The summed E-state index contributed by atoms with van der Waals surface area (Å²) in [6, 6.07) is 5.60. The van der Waals surface area contributed by atoms with Gasteiger partial charge in [0.2, 0.25) is 0 Å². The van der Waals surface area contributed by atoms with Crippen molar-refractivity contribution in [2.45, 2.75) is 33.2 Å². The summed E-state index contributed by atoms with van der Waals surface area (Å²) >= 11 is 3.27. The largest absolute Gasteiger partial charge is 0.314 e. The van der Waals surface area contributed by atoms with Crippen molar-refractivity contribution >= 4 is 21.6 Å². The molecule has 1 aromatic carbocycles.